The van der Waals surface area contributed by atoms with Gasteiger partial charge in [-0.2, -0.15) is 0 Å². The third-order valence-corrected chi connectivity index (χ3v) is 3.93. The van der Waals surface area contributed by atoms with Crippen molar-refractivity contribution in [3.8, 4) is 0 Å². The van der Waals surface area contributed by atoms with E-state index < -0.39 is 5.54 Å². The molecule has 0 aliphatic carbocycles. The average molecular weight is 317 g/mol. The lowest BCUT2D eigenvalue weighted by Gasteiger charge is -2.31. The largest absolute Gasteiger partial charge is 0.329 e. The molecule has 2 aromatic rings. The molecule has 1 N–H and O–H groups in total. The Labute approximate surface area is 136 Å². The zero-order chi connectivity index (χ0) is 16.2. The quantitative estimate of drug-likeness (QED) is 0.862. The SMILES string of the molecule is CCN(C(=O)NC(C)(C)c1ccccc1Cl)c1ccccc1. The molecule has 0 aliphatic rings. The van der Waals surface area contributed by atoms with Crippen molar-refractivity contribution >= 4 is 23.3 Å². The Kier molecular flexibility index (Phi) is 5.09. The number of hydrogen-bond acceptors (Lipinski definition) is 1. The van der Waals surface area contributed by atoms with Crippen molar-refractivity contribution in [2.24, 2.45) is 0 Å². The van der Waals surface area contributed by atoms with Gasteiger partial charge < -0.3 is 5.32 Å². The predicted molar refractivity (Wildman–Crippen MR) is 92.5 cm³/mol. The van der Waals surface area contributed by atoms with Crippen molar-refractivity contribution in [3.63, 3.8) is 0 Å². The summed E-state index contributed by atoms with van der Waals surface area (Å²) >= 11 is 6.26. The maximum Gasteiger partial charge on any atom is 0.322 e. The van der Waals surface area contributed by atoms with Crippen LogP contribution >= 0.6 is 11.6 Å². The van der Waals surface area contributed by atoms with Crippen LogP contribution in [-0.4, -0.2) is 12.6 Å². The first-order valence-corrected chi connectivity index (χ1v) is 7.73. The highest BCUT2D eigenvalue weighted by Crippen LogP contribution is 2.28. The number of carbonyl (C=O) groups excluding carboxylic acids is 1. The molecule has 2 rings (SSSR count). The van der Waals surface area contributed by atoms with Crippen LogP contribution in [0.25, 0.3) is 0 Å². The van der Waals surface area contributed by atoms with Crippen LogP contribution in [0.3, 0.4) is 0 Å². The monoisotopic (exact) mass is 316 g/mol. The highest BCUT2D eigenvalue weighted by atomic mass is 35.5. The van der Waals surface area contributed by atoms with Crippen molar-refractivity contribution in [1.29, 1.82) is 0 Å². The summed E-state index contributed by atoms with van der Waals surface area (Å²) in [6.45, 7) is 6.44. The Bertz CT molecular complexity index is 641. The summed E-state index contributed by atoms with van der Waals surface area (Å²) in [4.78, 5) is 14.4. The van der Waals surface area contributed by atoms with Gasteiger partial charge in [0.25, 0.3) is 0 Å². The van der Waals surface area contributed by atoms with Crippen LogP contribution in [0.2, 0.25) is 5.02 Å². The number of halogens is 1. The van der Waals surface area contributed by atoms with Gasteiger partial charge in [0.15, 0.2) is 0 Å². The van der Waals surface area contributed by atoms with Crippen molar-refractivity contribution in [2.45, 2.75) is 26.3 Å². The number of anilines is 1. The number of urea groups is 1. The summed E-state index contributed by atoms with van der Waals surface area (Å²) in [5.41, 5.74) is 1.21. The maximum absolute atomic E-state index is 12.6. The highest BCUT2D eigenvalue weighted by Gasteiger charge is 2.27. The van der Waals surface area contributed by atoms with Gasteiger partial charge in [-0.25, -0.2) is 4.79 Å². The number of benzene rings is 2. The van der Waals surface area contributed by atoms with Crippen LogP contribution in [0.15, 0.2) is 54.6 Å². The van der Waals surface area contributed by atoms with E-state index >= 15 is 0 Å². The van der Waals surface area contributed by atoms with Gasteiger partial charge in [0.05, 0.1) is 5.54 Å². The minimum absolute atomic E-state index is 0.140. The van der Waals surface area contributed by atoms with Gasteiger partial charge >= 0.3 is 6.03 Å². The molecule has 0 saturated heterocycles. The van der Waals surface area contributed by atoms with E-state index in [1.54, 1.807) is 4.90 Å². The molecular formula is C18H21ClN2O. The molecule has 4 heteroatoms. The number of rotatable bonds is 4. The number of nitrogens with zero attached hydrogens (tertiary/aromatic N) is 1. The molecule has 0 aromatic heterocycles. The maximum atomic E-state index is 12.6. The van der Waals surface area contributed by atoms with Gasteiger partial charge in [0.2, 0.25) is 0 Å². The average Bonchev–Trinajstić information content (AvgIpc) is 2.48. The Morgan fingerprint density at radius 1 is 1.09 bits per heavy atom. The minimum Gasteiger partial charge on any atom is -0.329 e. The standard InChI is InChI=1S/C18H21ClN2O/c1-4-21(14-10-6-5-7-11-14)17(22)20-18(2,3)15-12-8-9-13-16(15)19/h5-13H,4H2,1-3H3,(H,20,22). The fourth-order valence-corrected chi connectivity index (χ4v) is 2.79. The number of para-hydroxylation sites is 1. The molecule has 2 amide bonds. The molecule has 0 unspecified atom stereocenters. The van der Waals surface area contributed by atoms with Crippen LogP contribution in [0.4, 0.5) is 10.5 Å². The summed E-state index contributed by atoms with van der Waals surface area (Å²) in [6.07, 6.45) is 0. The zero-order valence-electron chi connectivity index (χ0n) is 13.1. The summed E-state index contributed by atoms with van der Waals surface area (Å²) in [5.74, 6) is 0. The molecule has 0 spiro atoms. The van der Waals surface area contributed by atoms with Gasteiger partial charge in [-0.15, -0.1) is 0 Å². The minimum atomic E-state index is -0.558. The number of hydrogen-bond donors (Lipinski definition) is 1. The van der Waals surface area contributed by atoms with Crippen LogP contribution in [-0.2, 0) is 5.54 Å². The fourth-order valence-electron chi connectivity index (χ4n) is 2.42. The van der Waals surface area contributed by atoms with E-state index in [1.807, 2.05) is 75.4 Å². The third kappa shape index (κ3) is 3.60. The number of amides is 2. The molecule has 0 heterocycles. The molecule has 22 heavy (non-hydrogen) atoms. The van der Waals surface area contributed by atoms with Crippen LogP contribution in [0, 0.1) is 0 Å². The van der Waals surface area contributed by atoms with E-state index in [4.69, 9.17) is 11.6 Å². The van der Waals surface area contributed by atoms with Crippen molar-refractivity contribution in [3.05, 3.63) is 65.2 Å². The Morgan fingerprint density at radius 2 is 1.68 bits per heavy atom. The van der Waals surface area contributed by atoms with Gasteiger partial charge in [-0.3, -0.25) is 4.90 Å². The molecule has 3 nitrogen and oxygen atoms in total. The fraction of sp³-hybridized carbons (Fsp3) is 0.278. The molecular weight excluding hydrogens is 296 g/mol. The molecule has 116 valence electrons. The van der Waals surface area contributed by atoms with Crippen LogP contribution in [0.5, 0.6) is 0 Å². The summed E-state index contributed by atoms with van der Waals surface area (Å²) < 4.78 is 0. The van der Waals surface area contributed by atoms with Gasteiger partial charge in [0, 0.05) is 17.3 Å². The summed E-state index contributed by atoms with van der Waals surface area (Å²) in [6, 6.07) is 17.0. The van der Waals surface area contributed by atoms with E-state index in [2.05, 4.69) is 5.32 Å². The van der Waals surface area contributed by atoms with Crippen LogP contribution < -0.4 is 10.2 Å². The molecule has 0 aliphatic heterocycles. The smallest absolute Gasteiger partial charge is 0.322 e. The van der Waals surface area contributed by atoms with Crippen molar-refractivity contribution in [2.75, 3.05) is 11.4 Å². The predicted octanol–water partition coefficient (Wildman–Crippen LogP) is 4.81. The molecule has 0 atom stereocenters. The van der Waals surface area contributed by atoms with Crippen molar-refractivity contribution in [1.82, 2.24) is 5.32 Å². The highest BCUT2D eigenvalue weighted by molar-refractivity contribution is 6.31. The Balaban J connectivity index is 2.21. The first-order chi connectivity index (χ1) is 10.5. The summed E-state index contributed by atoms with van der Waals surface area (Å²) in [7, 11) is 0. The first kappa shape index (κ1) is 16.4. The van der Waals surface area contributed by atoms with E-state index in [0.717, 1.165) is 11.3 Å². The van der Waals surface area contributed by atoms with E-state index in [-0.39, 0.29) is 6.03 Å². The Hall–Kier alpha value is -2.00. The zero-order valence-corrected chi connectivity index (χ0v) is 13.9. The molecule has 2 aromatic carbocycles. The van der Waals surface area contributed by atoms with Gasteiger partial charge in [-0.1, -0.05) is 48.0 Å². The topological polar surface area (TPSA) is 32.3 Å². The second-order valence-corrected chi connectivity index (χ2v) is 6.02. The number of carbonyl (C=O) groups is 1. The van der Waals surface area contributed by atoms with Crippen molar-refractivity contribution < 1.29 is 4.79 Å². The second-order valence-electron chi connectivity index (χ2n) is 5.61. The molecule has 0 bridgehead atoms. The van der Waals surface area contributed by atoms with Gasteiger partial charge in [-0.05, 0) is 44.5 Å². The van der Waals surface area contributed by atoms with E-state index in [0.29, 0.717) is 11.6 Å². The van der Waals surface area contributed by atoms with Crippen LogP contribution in [0.1, 0.15) is 26.3 Å². The van der Waals surface area contributed by atoms with Gasteiger partial charge in [0.1, 0.15) is 0 Å². The second kappa shape index (κ2) is 6.84. The lowest BCUT2D eigenvalue weighted by Crippen LogP contribution is -2.48. The normalized spacial score (nSPS) is 11.1. The van der Waals surface area contributed by atoms with E-state index in [9.17, 15) is 4.79 Å². The lowest BCUT2D eigenvalue weighted by atomic mass is 9.94. The summed E-state index contributed by atoms with van der Waals surface area (Å²) in [5, 5.41) is 3.71. The van der Waals surface area contributed by atoms with E-state index in [1.165, 1.54) is 0 Å². The number of nitrogens with one attached hydrogen (secondary N) is 1. The Morgan fingerprint density at radius 3 is 2.27 bits per heavy atom. The third-order valence-electron chi connectivity index (χ3n) is 3.60. The molecule has 0 fully saturated rings. The first-order valence-electron chi connectivity index (χ1n) is 7.35. The lowest BCUT2D eigenvalue weighted by molar-refractivity contribution is 0.236. The molecule has 0 saturated carbocycles. The molecule has 0 radical (unpaired) electrons.